The van der Waals surface area contributed by atoms with Crippen LogP contribution in [0.3, 0.4) is 0 Å². The molecule has 6 heteroatoms. The second kappa shape index (κ2) is 8.89. The van der Waals surface area contributed by atoms with Gasteiger partial charge in [0, 0.05) is 18.7 Å². The summed E-state index contributed by atoms with van der Waals surface area (Å²) < 4.78 is 11.6. The fourth-order valence-corrected chi connectivity index (χ4v) is 2.51. The molecule has 0 unspecified atom stereocenters. The number of halogens is 1. The van der Waals surface area contributed by atoms with E-state index in [1.807, 2.05) is 26.0 Å². The predicted octanol–water partition coefficient (Wildman–Crippen LogP) is 2.42. The van der Waals surface area contributed by atoms with E-state index < -0.39 is 0 Å². The van der Waals surface area contributed by atoms with E-state index in [-0.39, 0.29) is 5.91 Å². The van der Waals surface area contributed by atoms with E-state index in [1.54, 1.807) is 14.2 Å². The number of nitrogens with one attached hydrogen (secondary N) is 1. The fraction of sp³-hybridized carbons (Fsp3) is 0.533. The molecule has 0 spiro atoms. The normalized spacial score (nSPS) is 10.6. The van der Waals surface area contributed by atoms with Crippen molar-refractivity contribution in [3.63, 3.8) is 0 Å². The highest BCUT2D eigenvalue weighted by Crippen LogP contribution is 2.33. The van der Waals surface area contributed by atoms with Crippen LogP contribution in [0, 0.1) is 0 Å². The monoisotopic (exact) mass is 358 g/mol. The highest BCUT2D eigenvalue weighted by molar-refractivity contribution is 9.10. The molecule has 0 bridgehead atoms. The minimum Gasteiger partial charge on any atom is -0.496 e. The van der Waals surface area contributed by atoms with Crippen molar-refractivity contribution in [2.75, 3.05) is 33.9 Å². The Morgan fingerprint density at radius 1 is 1.24 bits per heavy atom. The zero-order valence-corrected chi connectivity index (χ0v) is 14.6. The van der Waals surface area contributed by atoms with Gasteiger partial charge in [0.1, 0.15) is 11.5 Å². The van der Waals surface area contributed by atoms with E-state index in [0.717, 1.165) is 28.1 Å². The van der Waals surface area contributed by atoms with Gasteiger partial charge in [-0.1, -0.05) is 6.92 Å². The van der Waals surface area contributed by atoms with Crippen LogP contribution in [0.4, 0.5) is 0 Å². The largest absolute Gasteiger partial charge is 0.496 e. The van der Waals surface area contributed by atoms with Crippen molar-refractivity contribution in [3.8, 4) is 11.5 Å². The maximum absolute atomic E-state index is 11.7. The SMILES string of the molecule is CCNC(=O)CN(CC)Cc1cc(OC)c(Br)cc1OC. The maximum Gasteiger partial charge on any atom is 0.234 e. The number of likely N-dealkylation sites (N-methyl/N-ethyl adjacent to an activating group) is 2. The number of hydrogen-bond donors (Lipinski definition) is 1. The fourth-order valence-electron chi connectivity index (χ4n) is 2.02. The highest BCUT2D eigenvalue weighted by Gasteiger charge is 2.14. The van der Waals surface area contributed by atoms with Crippen molar-refractivity contribution in [3.05, 3.63) is 22.2 Å². The Bertz CT molecular complexity index is 480. The number of amides is 1. The Morgan fingerprint density at radius 2 is 1.90 bits per heavy atom. The van der Waals surface area contributed by atoms with Crippen LogP contribution in [0.25, 0.3) is 0 Å². The lowest BCUT2D eigenvalue weighted by Crippen LogP contribution is -2.36. The third-order valence-electron chi connectivity index (χ3n) is 3.14. The molecule has 0 radical (unpaired) electrons. The summed E-state index contributed by atoms with van der Waals surface area (Å²) in [5.74, 6) is 1.55. The molecule has 0 heterocycles. The van der Waals surface area contributed by atoms with E-state index in [4.69, 9.17) is 9.47 Å². The third kappa shape index (κ3) is 5.21. The van der Waals surface area contributed by atoms with Gasteiger partial charge in [-0.25, -0.2) is 0 Å². The van der Waals surface area contributed by atoms with Crippen LogP contribution in [-0.4, -0.2) is 44.7 Å². The summed E-state index contributed by atoms with van der Waals surface area (Å²) >= 11 is 3.44. The van der Waals surface area contributed by atoms with Crippen LogP contribution in [0.1, 0.15) is 19.4 Å². The molecule has 0 fully saturated rings. The average molecular weight is 359 g/mol. The lowest BCUT2D eigenvalue weighted by molar-refractivity contribution is -0.122. The topological polar surface area (TPSA) is 50.8 Å². The number of nitrogens with zero attached hydrogens (tertiary/aromatic N) is 1. The quantitative estimate of drug-likeness (QED) is 0.775. The number of methoxy groups -OCH3 is 2. The zero-order chi connectivity index (χ0) is 15.8. The van der Waals surface area contributed by atoms with Crippen molar-refractivity contribution in [2.45, 2.75) is 20.4 Å². The molecule has 0 aromatic heterocycles. The zero-order valence-electron chi connectivity index (χ0n) is 13.0. The first-order valence-corrected chi connectivity index (χ1v) is 7.74. The van der Waals surface area contributed by atoms with Crippen molar-refractivity contribution in [1.82, 2.24) is 10.2 Å². The van der Waals surface area contributed by atoms with Gasteiger partial charge < -0.3 is 14.8 Å². The molecule has 21 heavy (non-hydrogen) atoms. The molecule has 5 nitrogen and oxygen atoms in total. The molecule has 1 N–H and O–H groups in total. The van der Waals surface area contributed by atoms with Crippen LogP contribution in [0.5, 0.6) is 11.5 Å². The van der Waals surface area contributed by atoms with Gasteiger partial charge in [0.05, 0.1) is 25.2 Å². The summed E-state index contributed by atoms with van der Waals surface area (Å²) in [5, 5.41) is 2.81. The number of ether oxygens (including phenoxy) is 2. The Balaban J connectivity index is 2.90. The van der Waals surface area contributed by atoms with Gasteiger partial charge in [-0.15, -0.1) is 0 Å². The Morgan fingerprint density at radius 3 is 2.43 bits per heavy atom. The second-order valence-corrected chi connectivity index (χ2v) is 5.41. The minimum absolute atomic E-state index is 0.0300. The first-order chi connectivity index (χ1) is 10.0. The summed E-state index contributed by atoms with van der Waals surface area (Å²) in [5.41, 5.74) is 0.990. The van der Waals surface area contributed by atoms with Crippen molar-refractivity contribution in [2.24, 2.45) is 0 Å². The van der Waals surface area contributed by atoms with Crippen LogP contribution in [0.15, 0.2) is 16.6 Å². The molecule has 0 aliphatic rings. The lowest BCUT2D eigenvalue weighted by Gasteiger charge is -2.21. The first-order valence-electron chi connectivity index (χ1n) is 6.95. The Hall–Kier alpha value is -1.27. The van der Waals surface area contributed by atoms with E-state index >= 15 is 0 Å². The van der Waals surface area contributed by atoms with Crippen LogP contribution in [-0.2, 0) is 11.3 Å². The van der Waals surface area contributed by atoms with Crippen molar-refractivity contribution >= 4 is 21.8 Å². The summed E-state index contributed by atoms with van der Waals surface area (Å²) in [6, 6.07) is 3.82. The smallest absolute Gasteiger partial charge is 0.234 e. The van der Waals surface area contributed by atoms with Crippen LogP contribution >= 0.6 is 15.9 Å². The lowest BCUT2D eigenvalue weighted by atomic mass is 10.1. The summed E-state index contributed by atoms with van der Waals surface area (Å²) in [7, 11) is 3.26. The summed E-state index contributed by atoms with van der Waals surface area (Å²) in [6.07, 6.45) is 0. The first kappa shape index (κ1) is 17.8. The van der Waals surface area contributed by atoms with Gasteiger partial charge in [-0.3, -0.25) is 9.69 Å². The molecular formula is C15H23BrN2O3. The molecule has 0 saturated heterocycles. The van der Waals surface area contributed by atoms with E-state index in [1.165, 1.54) is 0 Å². The molecule has 1 rings (SSSR count). The average Bonchev–Trinajstić information content (AvgIpc) is 2.47. The summed E-state index contributed by atoms with van der Waals surface area (Å²) in [4.78, 5) is 13.8. The van der Waals surface area contributed by atoms with Gasteiger partial charge in [-0.05, 0) is 41.5 Å². The maximum atomic E-state index is 11.7. The molecule has 1 amide bonds. The molecule has 0 saturated carbocycles. The van der Waals surface area contributed by atoms with Crippen molar-refractivity contribution < 1.29 is 14.3 Å². The molecule has 1 aromatic rings. The van der Waals surface area contributed by atoms with Gasteiger partial charge in [0.25, 0.3) is 0 Å². The number of hydrogen-bond acceptors (Lipinski definition) is 4. The van der Waals surface area contributed by atoms with Crippen LogP contribution in [0.2, 0.25) is 0 Å². The highest BCUT2D eigenvalue weighted by atomic mass is 79.9. The Kier molecular flexibility index (Phi) is 7.53. The molecule has 1 aromatic carbocycles. The number of benzene rings is 1. The van der Waals surface area contributed by atoms with Crippen molar-refractivity contribution in [1.29, 1.82) is 0 Å². The van der Waals surface area contributed by atoms with Gasteiger partial charge in [0.2, 0.25) is 5.91 Å². The van der Waals surface area contributed by atoms with E-state index in [9.17, 15) is 4.79 Å². The minimum atomic E-state index is 0.0300. The second-order valence-electron chi connectivity index (χ2n) is 4.56. The van der Waals surface area contributed by atoms with Gasteiger partial charge in [-0.2, -0.15) is 0 Å². The number of carbonyl (C=O) groups excluding carboxylic acids is 1. The molecule has 0 aliphatic carbocycles. The molecule has 0 atom stereocenters. The molecule has 118 valence electrons. The molecule has 0 aliphatic heterocycles. The number of rotatable bonds is 8. The van der Waals surface area contributed by atoms with Gasteiger partial charge in [0.15, 0.2) is 0 Å². The van der Waals surface area contributed by atoms with Crippen LogP contribution < -0.4 is 14.8 Å². The molecular weight excluding hydrogens is 336 g/mol. The predicted molar refractivity (Wildman–Crippen MR) is 86.9 cm³/mol. The van der Waals surface area contributed by atoms with E-state index in [2.05, 4.69) is 26.1 Å². The number of carbonyl (C=O) groups is 1. The van der Waals surface area contributed by atoms with Gasteiger partial charge >= 0.3 is 0 Å². The summed E-state index contributed by atoms with van der Waals surface area (Å²) in [6.45, 7) is 6.36. The van der Waals surface area contributed by atoms with E-state index in [0.29, 0.717) is 19.6 Å². The standard InChI is InChI=1S/C15H23BrN2O3/c1-5-17-15(19)10-18(6-2)9-11-7-14(21-4)12(16)8-13(11)20-3/h7-8H,5-6,9-10H2,1-4H3,(H,17,19). The Labute approximate surface area is 134 Å². The third-order valence-corrected chi connectivity index (χ3v) is 3.76.